The summed E-state index contributed by atoms with van der Waals surface area (Å²) in [6.07, 6.45) is 11.0. The lowest BCUT2D eigenvalue weighted by atomic mass is 9.91. The first kappa shape index (κ1) is 15.0. The maximum atomic E-state index is 5.48. The molecule has 1 aliphatic rings. The van der Waals surface area contributed by atoms with Crippen molar-refractivity contribution < 1.29 is 4.74 Å². The summed E-state index contributed by atoms with van der Waals surface area (Å²) in [7, 11) is 1.85. The molecular formula is C15H31NO. The van der Waals surface area contributed by atoms with Crippen LogP contribution in [-0.2, 0) is 4.74 Å². The van der Waals surface area contributed by atoms with E-state index >= 15 is 0 Å². The van der Waals surface area contributed by atoms with Crippen molar-refractivity contribution in [1.82, 2.24) is 5.32 Å². The Morgan fingerprint density at radius 3 is 2.76 bits per heavy atom. The second kappa shape index (κ2) is 8.93. The van der Waals surface area contributed by atoms with Crippen LogP contribution < -0.4 is 5.32 Å². The Balaban J connectivity index is 2.18. The zero-order valence-corrected chi connectivity index (χ0v) is 12.0. The summed E-state index contributed by atoms with van der Waals surface area (Å²) in [4.78, 5) is 0. The standard InChI is InChI=1S/C15H31NO/c1-4-6-8-13(5-2)12-16-14-9-7-10-15(11-14)17-3/h13-16H,4-12H2,1-3H3. The fraction of sp³-hybridized carbons (Fsp3) is 1.00. The molecule has 0 spiro atoms. The van der Waals surface area contributed by atoms with E-state index in [-0.39, 0.29) is 0 Å². The van der Waals surface area contributed by atoms with Crippen LogP contribution in [0, 0.1) is 5.92 Å². The zero-order valence-electron chi connectivity index (χ0n) is 12.0. The fourth-order valence-electron chi connectivity index (χ4n) is 2.82. The molecule has 1 saturated carbocycles. The number of rotatable bonds is 8. The Bertz CT molecular complexity index is 184. The first-order valence-electron chi connectivity index (χ1n) is 7.56. The molecule has 0 bridgehead atoms. The normalized spacial score (nSPS) is 27.0. The lowest BCUT2D eigenvalue weighted by molar-refractivity contribution is 0.0581. The van der Waals surface area contributed by atoms with E-state index in [1.807, 2.05) is 7.11 Å². The molecule has 1 N–H and O–H groups in total. The molecule has 0 aromatic heterocycles. The molecular weight excluding hydrogens is 210 g/mol. The van der Waals surface area contributed by atoms with Gasteiger partial charge in [-0.1, -0.05) is 33.1 Å². The van der Waals surface area contributed by atoms with Crippen molar-refractivity contribution in [2.24, 2.45) is 5.92 Å². The Morgan fingerprint density at radius 1 is 1.29 bits per heavy atom. The van der Waals surface area contributed by atoms with Crippen LogP contribution in [0.4, 0.5) is 0 Å². The molecule has 1 fully saturated rings. The van der Waals surface area contributed by atoms with Crippen LogP contribution in [0.3, 0.4) is 0 Å². The quantitative estimate of drug-likeness (QED) is 0.699. The van der Waals surface area contributed by atoms with Gasteiger partial charge in [0.1, 0.15) is 0 Å². The minimum Gasteiger partial charge on any atom is -0.381 e. The summed E-state index contributed by atoms with van der Waals surface area (Å²) in [5.74, 6) is 0.873. The number of methoxy groups -OCH3 is 1. The molecule has 0 amide bonds. The maximum absolute atomic E-state index is 5.48. The van der Waals surface area contributed by atoms with E-state index < -0.39 is 0 Å². The highest BCUT2D eigenvalue weighted by molar-refractivity contribution is 4.79. The van der Waals surface area contributed by atoms with E-state index in [1.165, 1.54) is 57.9 Å². The summed E-state index contributed by atoms with van der Waals surface area (Å²) in [6.45, 7) is 5.81. The van der Waals surface area contributed by atoms with Gasteiger partial charge in [0.25, 0.3) is 0 Å². The van der Waals surface area contributed by atoms with Crippen molar-refractivity contribution in [3.63, 3.8) is 0 Å². The van der Waals surface area contributed by atoms with Crippen molar-refractivity contribution >= 4 is 0 Å². The van der Waals surface area contributed by atoms with Crippen LogP contribution in [-0.4, -0.2) is 25.8 Å². The van der Waals surface area contributed by atoms with E-state index in [0.717, 1.165) is 5.92 Å². The van der Waals surface area contributed by atoms with Crippen LogP contribution >= 0.6 is 0 Å². The highest BCUT2D eigenvalue weighted by atomic mass is 16.5. The van der Waals surface area contributed by atoms with Crippen LogP contribution in [0.2, 0.25) is 0 Å². The largest absolute Gasteiger partial charge is 0.381 e. The minimum absolute atomic E-state index is 0.497. The van der Waals surface area contributed by atoms with Gasteiger partial charge in [0.2, 0.25) is 0 Å². The van der Waals surface area contributed by atoms with Crippen molar-refractivity contribution in [2.75, 3.05) is 13.7 Å². The summed E-state index contributed by atoms with van der Waals surface area (Å²) < 4.78 is 5.48. The molecule has 17 heavy (non-hydrogen) atoms. The summed E-state index contributed by atoms with van der Waals surface area (Å²) >= 11 is 0. The monoisotopic (exact) mass is 241 g/mol. The SMILES string of the molecule is CCCCC(CC)CNC1CCCC(OC)C1. The predicted octanol–water partition coefficient (Wildman–Crippen LogP) is 3.75. The first-order valence-corrected chi connectivity index (χ1v) is 7.56. The molecule has 102 valence electrons. The van der Waals surface area contributed by atoms with Crippen molar-refractivity contribution in [3.8, 4) is 0 Å². The Labute approximate surface area is 108 Å². The molecule has 2 heteroatoms. The van der Waals surface area contributed by atoms with Gasteiger partial charge in [-0.05, 0) is 44.6 Å². The molecule has 0 saturated heterocycles. The van der Waals surface area contributed by atoms with Crippen LogP contribution in [0.15, 0.2) is 0 Å². The number of hydrogen-bond donors (Lipinski definition) is 1. The number of ether oxygens (including phenoxy) is 1. The Hall–Kier alpha value is -0.0800. The van der Waals surface area contributed by atoms with Gasteiger partial charge in [-0.15, -0.1) is 0 Å². The minimum atomic E-state index is 0.497. The third-order valence-electron chi connectivity index (χ3n) is 4.20. The average Bonchev–Trinajstić information content (AvgIpc) is 2.39. The van der Waals surface area contributed by atoms with Gasteiger partial charge in [-0.3, -0.25) is 0 Å². The molecule has 0 aromatic rings. The smallest absolute Gasteiger partial charge is 0.0586 e. The molecule has 3 atom stereocenters. The van der Waals surface area contributed by atoms with Crippen molar-refractivity contribution in [3.05, 3.63) is 0 Å². The van der Waals surface area contributed by atoms with E-state index in [2.05, 4.69) is 19.2 Å². The van der Waals surface area contributed by atoms with E-state index in [1.54, 1.807) is 0 Å². The van der Waals surface area contributed by atoms with Gasteiger partial charge in [0.15, 0.2) is 0 Å². The zero-order chi connectivity index (χ0) is 12.5. The lowest BCUT2D eigenvalue weighted by Crippen LogP contribution is -2.39. The fourth-order valence-corrected chi connectivity index (χ4v) is 2.82. The molecule has 0 aliphatic heterocycles. The number of nitrogens with one attached hydrogen (secondary N) is 1. The van der Waals surface area contributed by atoms with E-state index in [0.29, 0.717) is 12.1 Å². The third-order valence-corrected chi connectivity index (χ3v) is 4.20. The van der Waals surface area contributed by atoms with Gasteiger partial charge < -0.3 is 10.1 Å². The molecule has 0 radical (unpaired) electrons. The summed E-state index contributed by atoms with van der Waals surface area (Å²) in [6, 6.07) is 0.698. The molecule has 2 nitrogen and oxygen atoms in total. The number of hydrogen-bond acceptors (Lipinski definition) is 2. The maximum Gasteiger partial charge on any atom is 0.0586 e. The molecule has 1 aliphatic carbocycles. The van der Waals surface area contributed by atoms with Crippen molar-refractivity contribution in [1.29, 1.82) is 0 Å². The highest BCUT2D eigenvalue weighted by Gasteiger charge is 2.21. The molecule has 1 rings (SSSR count). The van der Waals surface area contributed by atoms with Crippen molar-refractivity contribution in [2.45, 2.75) is 77.4 Å². The second-order valence-electron chi connectivity index (χ2n) is 5.55. The second-order valence-corrected chi connectivity index (χ2v) is 5.55. The predicted molar refractivity (Wildman–Crippen MR) is 74.4 cm³/mol. The van der Waals surface area contributed by atoms with E-state index in [9.17, 15) is 0 Å². The van der Waals surface area contributed by atoms with Gasteiger partial charge >= 0.3 is 0 Å². The average molecular weight is 241 g/mol. The summed E-state index contributed by atoms with van der Waals surface area (Å²) in [5.41, 5.74) is 0. The topological polar surface area (TPSA) is 21.3 Å². The molecule has 0 aromatic carbocycles. The molecule has 3 unspecified atom stereocenters. The van der Waals surface area contributed by atoms with Gasteiger partial charge in [0, 0.05) is 13.2 Å². The van der Waals surface area contributed by atoms with Gasteiger partial charge in [-0.25, -0.2) is 0 Å². The number of unbranched alkanes of at least 4 members (excludes halogenated alkanes) is 1. The van der Waals surface area contributed by atoms with E-state index in [4.69, 9.17) is 4.74 Å². The lowest BCUT2D eigenvalue weighted by Gasteiger charge is -2.30. The Morgan fingerprint density at radius 2 is 2.12 bits per heavy atom. The van der Waals surface area contributed by atoms with Gasteiger partial charge in [0.05, 0.1) is 6.10 Å². The summed E-state index contributed by atoms with van der Waals surface area (Å²) in [5, 5.41) is 3.77. The third kappa shape index (κ3) is 5.87. The van der Waals surface area contributed by atoms with Crippen LogP contribution in [0.25, 0.3) is 0 Å². The Kier molecular flexibility index (Phi) is 7.87. The van der Waals surface area contributed by atoms with Gasteiger partial charge in [-0.2, -0.15) is 0 Å². The highest BCUT2D eigenvalue weighted by Crippen LogP contribution is 2.21. The van der Waals surface area contributed by atoms with Crippen LogP contribution in [0.5, 0.6) is 0 Å². The van der Waals surface area contributed by atoms with Crippen LogP contribution in [0.1, 0.15) is 65.2 Å². The molecule has 0 heterocycles. The first-order chi connectivity index (χ1) is 8.30.